The number of para-hydroxylation sites is 1. The first-order valence-electron chi connectivity index (χ1n) is 5.24. The molecule has 6 heteroatoms. The van der Waals surface area contributed by atoms with E-state index < -0.39 is 24.3 Å². The van der Waals surface area contributed by atoms with Crippen molar-refractivity contribution in [2.75, 3.05) is 13.2 Å². The first-order valence-corrected chi connectivity index (χ1v) is 5.24. The Labute approximate surface area is 103 Å². The van der Waals surface area contributed by atoms with Gasteiger partial charge in [-0.3, -0.25) is 4.79 Å². The minimum absolute atomic E-state index is 0.221. The number of ether oxygens (including phenoxy) is 2. The van der Waals surface area contributed by atoms with Gasteiger partial charge in [0.25, 0.3) is 5.78 Å². The molecule has 0 aliphatic heterocycles. The molecular weight excluding hydrogens is 246 g/mol. The summed E-state index contributed by atoms with van der Waals surface area (Å²) in [6.07, 6.45) is 0. The van der Waals surface area contributed by atoms with E-state index in [1.54, 1.807) is 18.2 Å². The van der Waals surface area contributed by atoms with E-state index in [1.807, 2.05) is 0 Å². The molecule has 0 amide bonds. The second kappa shape index (κ2) is 6.09. The van der Waals surface area contributed by atoms with Gasteiger partial charge in [0, 0.05) is 0 Å². The third-order valence-electron chi connectivity index (χ3n) is 2.00. The average Bonchev–Trinajstić information content (AvgIpc) is 2.37. The van der Waals surface area contributed by atoms with E-state index in [0.29, 0.717) is 0 Å². The predicted octanol–water partition coefficient (Wildman–Crippen LogP) is 1.83. The van der Waals surface area contributed by atoms with Gasteiger partial charge in [-0.15, -0.1) is 0 Å². The summed E-state index contributed by atoms with van der Waals surface area (Å²) in [4.78, 5) is 22.0. The number of carbonyl (C=O) groups is 2. The lowest BCUT2D eigenvalue weighted by atomic mass is 10.2. The summed E-state index contributed by atoms with van der Waals surface area (Å²) in [5, 5.41) is 0. The van der Waals surface area contributed by atoms with Crippen LogP contribution in [0.4, 0.5) is 8.78 Å². The van der Waals surface area contributed by atoms with Gasteiger partial charge >= 0.3 is 11.9 Å². The molecule has 0 heterocycles. The zero-order valence-electron chi connectivity index (χ0n) is 9.69. The Kier molecular flexibility index (Phi) is 4.76. The number of hydrogen-bond acceptors (Lipinski definition) is 4. The maximum absolute atomic E-state index is 13.2. The highest BCUT2D eigenvalue weighted by Crippen LogP contribution is 2.18. The summed E-state index contributed by atoms with van der Waals surface area (Å²) >= 11 is 0. The zero-order valence-corrected chi connectivity index (χ0v) is 9.69. The second-order valence-corrected chi connectivity index (χ2v) is 3.32. The van der Waals surface area contributed by atoms with Crippen LogP contribution in [0.5, 0.6) is 5.75 Å². The summed E-state index contributed by atoms with van der Waals surface area (Å²) in [6, 6.07) is 7.99. The summed E-state index contributed by atoms with van der Waals surface area (Å²) < 4.78 is 35.4. The van der Waals surface area contributed by atoms with Crippen molar-refractivity contribution in [3.05, 3.63) is 30.3 Å². The van der Waals surface area contributed by atoms with Gasteiger partial charge < -0.3 is 9.47 Å². The maximum Gasteiger partial charge on any atom is 0.403 e. The van der Waals surface area contributed by atoms with E-state index in [9.17, 15) is 18.4 Å². The Morgan fingerprint density at radius 1 is 1.22 bits per heavy atom. The van der Waals surface area contributed by atoms with Crippen molar-refractivity contribution >= 4 is 11.8 Å². The predicted molar refractivity (Wildman–Crippen MR) is 58.5 cm³/mol. The lowest BCUT2D eigenvalue weighted by Gasteiger charge is -2.13. The van der Waals surface area contributed by atoms with Crippen LogP contribution in [0.1, 0.15) is 6.92 Å². The van der Waals surface area contributed by atoms with E-state index in [1.165, 1.54) is 19.1 Å². The molecule has 98 valence electrons. The highest BCUT2D eigenvalue weighted by molar-refractivity contribution is 6.05. The molecule has 0 aromatic heterocycles. The fraction of sp³-hybridized carbons (Fsp3) is 0.333. The smallest absolute Gasteiger partial charge is 0.403 e. The van der Waals surface area contributed by atoms with Crippen molar-refractivity contribution in [3.8, 4) is 5.75 Å². The van der Waals surface area contributed by atoms with Gasteiger partial charge in [0.05, 0.1) is 6.61 Å². The number of Topliss-reactive ketones (excluding diaryl/α,β-unsaturated/α-hetero) is 1. The highest BCUT2D eigenvalue weighted by atomic mass is 19.3. The first-order chi connectivity index (χ1) is 8.48. The van der Waals surface area contributed by atoms with Crippen LogP contribution in [-0.2, 0) is 14.3 Å². The number of esters is 1. The molecule has 0 aliphatic carbocycles. The number of rotatable bonds is 6. The van der Waals surface area contributed by atoms with Crippen molar-refractivity contribution in [2.24, 2.45) is 0 Å². The van der Waals surface area contributed by atoms with Gasteiger partial charge in [-0.05, 0) is 19.1 Å². The summed E-state index contributed by atoms with van der Waals surface area (Å²) in [6.45, 7) is 0.260. The van der Waals surface area contributed by atoms with E-state index >= 15 is 0 Å². The summed E-state index contributed by atoms with van der Waals surface area (Å²) in [7, 11) is 0. The number of hydrogen-bond donors (Lipinski definition) is 0. The Morgan fingerprint density at radius 3 is 2.39 bits per heavy atom. The molecule has 18 heavy (non-hydrogen) atoms. The number of ketones is 1. The minimum atomic E-state index is -4.18. The molecule has 1 rings (SSSR count). The van der Waals surface area contributed by atoms with Gasteiger partial charge in [-0.2, -0.15) is 8.78 Å². The average molecular weight is 258 g/mol. The SMILES string of the molecule is CCOC(=O)C(F)(F)C(=O)COc1ccccc1. The molecule has 0 unspecified atom stereocenters. The fourth-order valence-corrected chi connectivity index (χ4v) is 1.09. The molecule has 0 saturated heterocycles. The molecule has 0 atom stereocenters. The number of halogens is 2. The molecule has 0 radical (unpaired) electrons. The Bertz CT molecular complexity index is 417. The maximum atomic E-state index is 13.2. The van der Waals surface area contributed by atoms with Crippen LogP contribution in [0.15, 0.2) is 30.3 Å². The van der Waals surface area contributed by atoms with Crippen molar-refractivity contribution in [1.29, 1.82) is 0 Å². The monoisotopic (exact) mass is 258 g/mol. The lowest BCUT2D eigenvalue weighted by Crippen LogP contribution is -2.42. The first kappa shape index (κ1) is 14.1. The van der Waals surface area contributed by atoms with Gasteiger partial charge in [0.1, 0.15) is 5.75 Å². The Hall–Kier alpha value is -1.98. The van der Waals surface area contributed by atoms with Gasteiger partial charge in [-0.25, -0.2) is 4.79 Å². The third kappa shape index (κ3) is 3.51. The number of alkyl halides is 2. The van der Waals surface area contributed by atoms with Gasteiger partial charge in [-0.1, -0.05) is 18.2 Å². The molecule has 1 aromatic rings. The Morgan fingerprint density at radius 2 is 1.83 bits per heavy atom. The largest absolute Gasteiger partial charge is 0.486 e. The van der Waals surface area contributed by atoms with Crippen molar-refractivity contribution < 1.29 is 27.8 Å². The van der Waals surface area contributed by atoms with Crippen LogP contribution >= 0.6 is 0 Å². The minimum Gasteiger partial charge on any atom is -0.486 e. The van der Waals surface area contributed by atoms with Crippen molar-refractivity contribution in [2.45, 2.75) is 12.8 Å². The standard InChI is InChI=1S/C12H12F2O4/c1-2-17-11(16)12(13,14)10(15)8-18-9-6-4-3-5-7-9/h3-7H,2,8H2,1H3. The summed E-state index contributed by atoms with van der Waals surface area (Å²) in [5.41, 5.74) is 0. The number of carbonyl (C=O) groups excluding carboxylic acids is 2. The summed E-state index contributed by atoms with van der Waals surface area (Å²) in [5.74, 6) is -7.40. The molecule has 0 N–H and O–H groups in total. The van der Waals surface area contributed by atoms with Gasteiger partial charge in [0.15, 0.2) is 6.61 Å². The van der Waals surface area contributed by atoms with Crippen LogP contribution in [0, 0.1) is 0 Å². The molecule has 0 fully saturated rings. The van der Waals surface area contributed by atoms with Crippen LogP contribution in [0.2, 0.25) is 0 Å². The Balaban J connectivity index is 2.57. The van der Waals surface area contributed by atoms with Crippen LogP contribution in [0.25, 0.3) is 0 Å². The van der Waals surface area contributed by atoms with E-state index in [-0.39, 0.29) is 12.4 Å². The van der Waals surface area contributed by atoms with Crippen LogP contribution < -0.4 is 4.74 Å². The third-order valence-corrected chi connectivity index (χ3v) is 2.00. The van der Waals surface area contributed by atoms with Crippen LogP contribution in [0.3, 0.4) is 0 Å². The van der Waals surface area contributed by atoms with Gasteiger partial charge in [0.2, 0.25) is 0 Å². The lowest BCUT2D eigenvalue weighted by molar-refractivity contribution is -0.177. The molecule has 0 aliphatic rings. The van der Waals surface area contributed by atoms with E-state index in [2.05, 4.69) is 4.74 Å². The molecule has 0 bridgehead atoms. The van der Waals surface area contributed by atoms with Crippen LogP contribution in [-0.4, -0.2) is 30.9 Å². The quantitative estimate of drug-likeness (QED) is 0.577. The molecule has 1 aromatic carbocycles. The molecule has 0 saturated carbocycles. The van der Waals surface area contributed by atoms with E-state index in [4.69, 9.17) is 4.74 Å². The normalized spacial score (nSPS) is 10.8. The van der Waals surface area contributed by atoms with E-state index in [0.717, 1.165) is 0 Å². The zero-order chi connectivity index (χ0) is 13.6. The highest BCUT2D eigenvalue weighted by Gasteiger charge is 2.48. The topological polar surface area (TPSA) is 52.6 Å². The molecular formula is C12H12F2O4. The van der Waals surface area contributed by atoms with Crippen molar-refractivity contribution in [1.82, 2.24) is 0 Å². The van der Waals surface area contributed by atoms with Crippen molar-refractivity contribution in [3.63, 3.8) is 0 Å². The second-order valence-electron chi connectivity index (χ2n) is 3.32. The number of benzene rings is 1. The molecule has 4 nitrogen and oxygen atoms in total. The fourth-order valence-electron chi connectivity index (χ4n) is 1.09. The molecule has 0 spiro atoms.